The van der Waals surface area contributed by atoms with Gasteiger partial charge in [-0.15, -0.1) is 0 Å². The van der Waals surface area contributed by atoms with Crippen molar-refractivity contribution in [2.45, 2.75) is 153 Å². The molecule has 0 bridgehead atoms. The van der Waals surface area contributed by atoms with Crippen LogP contribution in [0.5, 0.6) is 0 Å². The second-order valence-corrected chi connectivity index (χ2v) is 11.0. The molecular weight excluding hydrogens is 396 g/mol. The predicted molar refractivity (Wildman–Crippen MR) is 133 cm³/mol. The Kier molecular flexibility index (Phi) is 8.73. The molecule has 6 heteroatoms. The van der Waals surface area contributed by atoms with Crippen LogP contribution in [0.3, 0.4) is 0 Å². The van der Waals surface area contributed by atoms with Crippen LogP contribution in [0.2, 0.25) is 0 Å². The summed E-state index contributed by atoms with van der Waals surface area (Å²) >= 11 is 0. The molecule has 6 nitrogen and oxygen atoms in total. The molecule has 0 atom stereocenters. The quantitative estimate of drug-likeness (QED) is 0.216. The van der Waals surface area contributed by atoms with E-state index in [0.29, 0.717) is 36.1 Å². The normalized spacial score (nSPS) is 24.8. The van der Waals surface area contributed by atoms with Crippen LogP contribution in [0.15, 0.2) is 0 Å². The van der Waals surface area contributed by atoms with Gasteiger partial charge in [-0.25, -0.2) is 10.9 Å². The number of nitrogens with two attached hydrogens (primary N) is 1. The third kappa shape index (κ3) is 5.60. The molecule has 182 valence electrons. The van der Waals surface area contributed by atoms with E-state index in [9.17, 15) is 10.8 Å². The van der Waals surface area contributed by atoms with Crippen LogP contribution in [-0.4, -0.2) is 50.9 Å². The number of guanidine groups is 2. The number of hydrazine groups is 1. The highest BCUT2D eigenvalue weighted by molar-refractivity contribution is 5.95. The fourth-order valence-corrected chi connectivity index (χ4v) is 7.07. The molecule has 0 aliphatic heterocycles. The van der Waals surface area contributed by atoms with E-state index in [4.69, 9.17) is 5.84 Å². The average molecular weight is 445 g/mol. The highest BCUT2D eigenvalue weighted by atomic mass is 15.6. The van der Waals surface area contributed by atoms with Crippen LogP contribution in [0.25, 0.3) is 0 Å². The molecule has 0 saturated heterocycles. The summed E-state index contributed by atoms with van der Waals surface area (Å²) in [5.41, 5.74) is 0. The monoisotopic (exact) mass is 444 g/mol. The van der Waals surface area contributed by atoms with Gasteiger partial charge in [-0.05, 0) is 51.4 Å². The molecule has 0 unspecified atom stereocenters. The van der Waals surface area contributed by atoms with Gasteiger partial charge < -0.3 is 9.80 Å². The van der Waals surface area contributed by atoms with Crippen LogP contribution in [-0.2, 0) is 0 Å². The molecular formula is C26H48N6. The van der Waals surface area contributed by atoms with Gasteiger partial charge in [0.15, 0.2) is 0 Å². The van der Waals surface area contributed by atoms with Gasteiger partial charge in [0, 0.05) is 24.2 Å². The first kappa shape index (κ1) is 23.8. The average Bonchev–Trinajstić information content (AvgIpc) is 2.86. The molecule has 4 N–H and O–H groups in total. The second-order valence-electron chi connectivity index (χ2n) is 11.0. The van der Waals surface area contributed by atoms with Gasteiger partial charge >= 0.3 is 0 Å². The fraction of sp³-hybridized carbons (Fsp3) is 0.923. The smallest absolute Gasteiger partial charge is 0.216 e. The standard InChI is InChI=1S/C26H48N6/c27-25(30(21-13-5-1-6-14-21)22-15-7-2-8-16-22)32(29)26(28)31(23-17-9-3-10-18-23)24-19-11-4-12-20-24/h21-24,27-28H,1-20,29H2. The van der Waals surface area contributed by atoms with E-state index in [-0.39, 0.29) is 0 Å². The van der Waals surface area contributed by atoms with Crippen molar-refractivity contribution in [3.8, 4) is 0 Å². The summed E-state index contributed by atoms with van der Waals surface area (Å²) in [6.07, 6.45) is 24.8. The minimum atomic E-state index is 0.394. The number of hydrogen-bond donors (Lipinski definition) is 3. The Bertz CT molecular complexity index is 509. The molecule has 0 aromatic heterocycles. The molecule has 0 spiro atoms. The van der Waals surface area contributed by atoms with Crippen molar-refractivity contribution in [2.75, 3.05) is 0 Å². The lowest BCUT2D eigenvalue weighted by Crippen LogP contribution is -2.63. The van der Waals surface area contributed by atoms with Gasteiger partial charge in [0.05, 0.1) is 0 Å². The summed E-state index contributed by atoms with van der Waals surface area (Å²) in [4.78, 5) is 4.74. The summed E-state index contributed by atoms with van der Waals surface area (Å²) < 4.78 is 0. The fourth-order valence-electron chi connectivity index (χ4n) is 7.07. The Labute approximate surface area is 196 Å². The van der Waals surface area contributed by atoms with Crippen molar-refractivity contribution < 1.29 is 0 Å². The number of rotatable bonds is 4. The molecule has 4 aliphatic carbocycles. The third-order valence-corrected chi connectivity index (χ3v) is 8.82. The van der Waals surface area contributed by atoms with Gasteiger partial charge in [-0.2, -0.15) is 0 Å². The van der Waals surface area contributed by atoms with Crippen LogP contribution in [0.4, 0.5) is 0 Å². The zero-order chi connectivity index (χ0) is 22.3. The maximum atomic E-state index is 9.24. The zero-order valence-electron chi connectivity index (χ0n) is 20.4. The van der Waals surface area contributed by atoms with E-state index < -0.39 is 0 Å². The van der Waals surface area contributed by atoms with Gasteiger partial charge in [-0.1, -0.05) is 77.0 Å². The minimum Gasteiger partial charge on any atom is -0.336 e. The SMILES string of the molecule is N=C(N(N)C(=N)N(C1CCCCC1)C1CCCCC1)N(C1CCCCC1)C1CCCCC1. The van der Waals surface area contributed by atoms with Crippen molar-refractivity contribution in [3.05, 3.63) is 0 Å². The Balaban J connectivity index is 1.52. The first-order chi connectivity index (χ1) is 15.7. The molecule has 0 aromatic rings. The molecule has 0 heterocycles. The van der Waals surface area contributed by atoms with Crippen LogP contribution < -0.4 is 5.84 Å². The predicted octanol–water partition coefficient (Wildman–Crippen LogP) is 5.97. The first-order valence-corrected chi connectivity index (χ1v) is 14.0. The summed E-state index contributed by atoms with van der Waals surface area (Å²) in [5, 5.41) is 19.9. The largest absolute Gasteiger partial charge is 0.336 e. The molecule has 4 fully saturated rings. The van der Waals surface area contributed by atoms with Gasteiger partial charge in [0.1, 0.15) is 0 Å². The van der Waals surface area contributed by atoms with E-state index in [1.165, 1.54) is 133 Å². The van der Waals surface area contributed by atoms with Gasteiger partial charge in [0.2, 0.25) is 11.9 Å². The van der Waals surface area contributed by atoms with E-state index in [1.54, 1.807) is 0 Å². The summed E-state index contributed by atoms with van der Waals surface area (Å²) in [6, 6.07) is 1.71. The first-order valence-electron chi connectivity index (χ1n) is 14.0. The Morgan fingerprint density at radius 3 is 0.875 bits per heavy atom. The summed E-state index contributed by atoms with van der Waals surface area (Å²) in [6.45, 7) is 0. The van der Waals surface area contributed by atoms with Gasteiger partial charge in [-0.3, -0.25) is 10.8 Å². The zero-order valence-corrected chi connectivity index (χ0v) is 20.4. The second kappa shape index (κ2) is 11.7. The van der Waals surface area contributed by atoms with Crippen molar-refractivity contribution in [2.24, 2.45) is 5.84 Å². The summed E-state index contributed by atoms with van der Waals surface area (Å²) in [7, 11) is 0. The van der Waals surface area contributed by atoms with Crippen molar-refractivity contribution in [1.82, 2.24) is 14.8 Å². The molecule has 0 radical (unpaired) electrons. The lowest BCUT2D eigenvalue weighted by atomic mass is 9.88. The lowest BCUT2D eigenvalue weighted by molar-refractivity contribution is 0.125. The topological polar surface area (TPSA) is 83.4 Å². The molecule has 0 amide bonds. The maximum absolute atomic E-state index is 9.24. The molecule has 4 saturated carbocycles. The number of hydrogen-bond acceptors (Lipinski definition) is 3. The van der Waals surface area contributed by atoms with Crippen molar-refractivity contribution in [1.29, 1.82) is 10.8 Å². The molecule has 32 heavy (non-hydrogen) atoms. The highest BCUT2D eigenvalue weighted by Gasteiger charge is 2.37. The van der Waals surface area contributed by atoms with Crippen molar-refractivity contribution >= 4 is 11.9 Å². The van der Waals surface area contributed by atoms with Crippen LogP contribution in [0, 0.1) is 10.8 Å². The molecule has 0 aromatic carbocycles. The lowest BCUT2D eigenvalue weighted by Gasteiger charge is -2.48. The number of nitrogens with one attached hydrogen (secondary N) is 2. The van der Waals surface area contributed by atoms with E-state index in [1.807, 2.05) is 0 Å². The summed E-state index contributed by atoms with van der Waals surface area (Å²) in [5.74, 6) is 7.48. The van der Waals surface area contributed by atoms with Crippen LogP contribution >= 0.6 is 0 Å². The molecule has 4 aliphatic rings. The Hall–Kier alpha value is -1.30. The number of nitrogens with zero attached hydrogens (tertiary/aromatic N) is 3. The van der Waals surface area contributed by atoms with E-state index in [0.717, 1.165) is 0 Å². The maximum Gasteiger partial charge on any atom is 0.216 e. The Morgan fingerprint density at radius 1 is 0.438 bits per heavy atom. The van der Waals surface area contributed by atoms with E-state index in [2.05, 4.69) is 9.80 Å². The minimum absolute atomic E-state index is 0.394. The highest BCUT2D eigenvalue weighted by Crippen LogP contribution is 2.33. The van der Waals surface area contributed by atoms with Crippen molar-refractivity contribution in [3.63, 3.8) is 0 Å². The molecule has 4 rings (SSSR count). The van der Waals surface area contributed by atoms with E-state index >= 15 is 0 Å². The Morgan fingerprint density at radius 2 is 0.656 bits per heavy atom. The van der Waals surface area contributed by atoms with Gasteiger partial charge in [0.25, 0.3) is 0 Å². The third-order valence-electron chi connectivity index (χ3n) is 8.82. The van der Waals surface area contributed by atoms with Crippen LogP contribution in [0.1, 0.15) is 128 Å².